The molecular weight excluding hydrogens is 396 g/mol. The molecule has 0 aliphatic heterocycles. The van der Waals surface area contributed by atoms with Crippen LogP contribution in [0.15, 0.2) is 48.7 Å². The summed E-state index contributed by atoms with van der Waals surface area (Å²) in [4.78, 5) is 4.44. The summed E-state index contributed by atoms with van der Waals surface area (Å²) in [7, 11) is 0. The van der Waals surface area contributed by atoms with Crippen LogP contribution in [0.5, 0.6) is 0 Å². The Labute approximate surface area is 178 Å². The van der Waals surface area contributed by atoms with E-state index in [1.807, 2.05) is 42.5 Å². The molecule has 0 bridgehead atoms. The van der Waals surface area contributed by atoms with Crippen LogP contribution in [0.2, 0.25) is 0 Å². The Balaban J connectivity index is 1.58. The summed E-state index contributed by atoms with van der Waals surface area (Å²) >= 11 is -2.10. The molecule has 1 aliphatic carbocycles. The molecule has 2 aromatic carbocycles. The molecule has 7 heteroatoms. The van der Waals surface area contributed by atoms with Crippen LogP contribution >= 0.6 is 0 Å². The maximum absolute atomic E-state index is 10.9. The Bertz CT molecular complexity index is 1120. The number of nitriles is 1. The Kier molecular flexibility index (Phi) is 6.26. The molecule has 0 radical (unpaired) electrons. The van der Waals surface area contributed by atoms with Crippen molar-refractivity contribution in [3.05, 3.63) is 65.4 Å². The number of nitrogens with zero attached hydrogens (tertiary/aromatic N) is 2. The van der Waals surface area contributed by atoms with Gasteiger partial charge in [0.25, 0.3) is 0 Å². The summed E-state index contributed by atoms with van der Waals surface area (Å²) in [5.74, 6) is 0.0165. The minimum absolute atomic E-state index is 0.0165. The van der Waals surface area contributed by atoms with Gasteiger partial charge in [0.1, 0.15) is 6.07 Å². The second-order valence-corrected chi connectivity index (χ2v) is 8.53. The number of hydrogen-bond acceptors (Lipinski definition) is 6. The smallest absolute Gasteiger partial charge is 0.103 e. The molecule has 1 aromatic heterocycles. The van der Waals surface area contributed by atoms with Crippen molar-refractivity contribution in [2.75, 3.05) is 10.6 Å². The molecule has 0 amide bonds. The van der Waals surface area contributed by atoms with Crippen LogP contribution in [0.4, 0.5) is 11.4 Å². The second-order valence-electron chi connectivity index (χ2n) is 7.64. The van der Waals surface area contributed by atoms with E-state index in [1.54, 1.807) is 6.20 Å². The average Bonchev–Trinajstić information content (AvgIpc) is 3.25. The van der Waals surface area contributed by atoms with Crippen LogP contribution in [-0.2, 0) is 23.4 Å². The summed E-state index contributed by atoms with van der Waals surface area (Å²) in [6.45, 7) is 0.571. The quantitative estimate of drug-likeness (QED) is 0.549. The lowest BCUT2D eigenvalue weighted by atomic mass is 10.1. The molecule has 0 saturated heterocycles. The van der Waals surface area contributed by atoms with Gasteiger partial charge in [-0.25, -0.2) is 0 Å². The van der Waals surface area contributed by atoms with Crippen molar-refractivity contribution in [3.8, 4) is 6.07 Å². The van der Waals surface area contributed by atoms with E-state index in [2.05, 4.69) is 21.7 Å². The molecule has 154 valence electrons. The van der Waals surface area contributed by atoms with Gasteiger partial charge in [-0.2, -0.15) is 5.26 Å². The van der Waals surface area contributed by atoms with E-state index < -0.39 is 11.1 Å². The zero-order chi connectivity index (χ0) is 20.9. The van der Waals surface area contributed by atoms with Gasteiger partial charge >= 0.3 is 0 Å². The van der Waals surface area contributed by atoms with Gasteiger partial charge in [0.2, 0.25) is 0 Å². The normalized spacial score (nSPS) is 15.1. The second kappa shape index (κ2) is 9.24. The Hall–Kier alpha value is -2.95. The van der Waals surface area contributed by atoms with Gasteiger partial charge in [0, 0.05) is 35.6 Å². The zero-order valence-electron chi connectivity index (χ0n) is 16.6. The van der Waals surface area contributed by atoms with Crippen molar-refractivity contribution in [2.24, 2.45) is 0 Å². The summed E-state index contributed by atoms with van der Waals surface area (Å²) < 4.78 is 21.9. The predicted molar refractivity (Wildman–Crippen MR) is 119 cm³/mol. The summed E-state index contributed by atoms with van der Waals surface area (Å²) in [5, 5.41) is 17.5. The lowest BCUT2D eigenvalue weighted by Gasteiger charge is -2.17. The summed E-state index contributed by atoms with van der Waals surface area (Å²) in [6, 6.07) is 16.1. The molecule has 1 heterocycles. The highest BCUT2D eigenvalue weighted by Crippen LogP contribution is 2.31. The first kappa shape index (κ1) is 20.3. The fraction of sp³-hybridized carbons (Fsp3) is 0.304. The fourth-order valence-corrected chi connectivity index (χ4v) is 4.44. The first-order valence-electron chi connectivity index (χ1n) is 10.1. The Morgan fingerprint density at radius 2 is 1.97 bits per heavy atom. The first-order chi connectivity index (χ1) is 14.6. The van der Waals surface area contributed by atoms with Gasteiger partial charge in [-0.05, 0) is 42.2 Å². The van der Waals surface area contributed by atoms with Crippen LogP contribution in [-0.4, -0.2) is 19.8 Å². The number of fused-ring (bicyclic) bond motifs is 1. The van der Waals surface area contributed by atoms with Crippen molar-refractivity contribution in [1.82, 2.24) is 4.98 Å². The minimum Gasteiger partial charge on any atom is -0.772 e. The minimum atomic E-state index is -2.10. The highest BCUT2D eigenvalue weighted by molar-refractivity contribution is 7.78. The molecule has 30 heavy (non-hydrogen) atoms. The van der Waals surface area contributed by atoms with Crippen LogP contribution in [0.3, 0.4) is 0 Å². The van der Waals surface area contributed by atoms with E-state index in [0.717, 1.165) is 46.2 Å². The van der Waals surface area contributed by atoms with Crippen molar-refractivity contribution in [2.45, 2.75) is 44.0 Å². The Morgan fingerprint density at radius 3 is 2.73 bits per heavy atom. The largest absolute Gasteiger partial charge is 0.772 e. The van der Waals surface area contributed by atoms with Crippen LogP contribution < -0.4 is 10.6 Å². The number of benzene rings is 2. The Morgan fingerprint density at radius 1 is 1.17 bits per heavy atom. The monoisotopic (exact) mass is 419 g/mol. The SMILES string of the molecule is N#Cc1cnc2ccc(NCc3cccc(CS(=O)[O-])c3)cc2c1NC1CCCC1. The van der Waals surface area contributed by atoms with Gasteiger partial charge in [0.05, 0.1) is 16.8 Å². The number of pyridine rings is 1. The summed E-state index contributed by atoms with van der Waals surface area (Å²) in [5.41, 5.74) is 4.97. The molecule has 3 aromatic rings. The van der Waals surface area contributed by atoms with Gasteiger partial charge in [-0.1, -0.05) is 48.2 Å². The van der Waals surface area contributed by atoms with E-state index >= 15 is 0 Å². The van der Waals surface area contributed by atoms with Crippen molar-refractivity contribution < 1.29 is 8.76 Å². The van der Waals surface area contributed by atoms with E-state index in [0.29, 0.717) is 18.2 Å². The maximum atomic E-state index is 10.9. The number of nitrogens with one attached hydrogen (secondary N) is 2. The summed E-state index contributed by atoms with van der Waals surface area (Å²) in [6.07, 6.45) is 6.31. The van der Waals surface area contributed by atoms with E-state index in [4.69, 9.17) is 0 Å². The lowest BCUT2D eigenvalue weighted by molar-refractivity contribution is 0.536. The standard InChI is InChI=1S/C23H24N4O2S/c24-12-18-14-26-22-9-8-20(11-21(22)23(18)27-19-6-1-2-7-19)25-13-16-4-3-5-17(10-16)15-30(28)29/h3-5,8-11,14,19,25H,1-2,6-7,13,15H2,(H,26,27)(H,28,29)/p-1. The number of rotatable bonds is 7. The molecule has 1 aliphatic rings. The van der Waals surface area contributed by atoms with E-state index in [-0.39, 0.29) is 5.75 Å². The predicted octanol–water partition coefficient (Wildman–Crippen LogP) is 4.45. The highest BCUT2D eigenvalue weighted by atomic mass is 32.2. The first-order valence-corrected chi connectivity index (χ1v) is 11.3. The van der Waals surface area contributed by atoms with E-state index in [1.165, 1.54) is 12.8 Å². The van der Waals surface area contributed by atoms with Crippen molar-refractivity contribution in [1.29, 1.82) is 5.26 Å². The molecule has 4 rings (SSSR count). The molecule has 1 unspecified atom stereocenters. The van der Waals surface area contributed by atoms with E-state index in [9.17, 15) is 14.0 Å². The molecule has 6 nitrogen and oxygen atoms in total. The highest BCUT2D eigenvalue weighted by Gasteiger charge is 2.18. The molecule has 0 spiro atoms. The third-order valence-corrected chi connectivity index (χ3v) is 6.03. The number of hydrogen-bond donors (Lipinski definition) is 2. The van der Waals surface area contributed by atoms with Gasteiger partial charge in [-0.15, -0.1) is 0 Å². The molecule has 1 saturated carbocycles. The topological polar surface area (TPSA) is 101 Å². The van der Waals surface area contributed by atoms with Gasteiger partial charge < -0.3 is 15.2 Å². The molecular formula is C23H23N4O2S-. The third-order valence-electron chi connectivity index (χ3n) is 5.46. The zero-order valence-corrected chi connectivity index (χ0v) is 17.4. The van der Waals surface area contributed by atoms with Crippen LogP contribution in [0.1, 0.15) is 42.4 Å². The molecule has 2 N–H and O–H groups in total. The number of anilines is 2. The fourth-order valence-electron chi connectivity index (χ4n) is 3.99. The lowest BCUT2D eigenvalue weighted by Crippen LogP contribution is -2.16. The molecule has 1 atom stereocenters. The molecule has 1 fully saturated rings. The van der Waals surface area contributed by atoms with Crippen LogP contribution in [0, 0.1) is 11.3 Å². The van der Waals surface area contributed by atoms with Gasteiger partial charge in [0.15, 0.2) is 0 Å². The average molecular weight is 420 g/mol. The third kappa shape index (κ3) is 4.78. The van der Waals surface area contributed by atoms with Crippen molar-refractivity contribution >= 4 is 33.4 Å². The van der Waals surface area contributed by atoms with Crippen LogP contribution in [0.25, 0.3) is 10.9 Å². The van der Waals surface area contributed by atoms with Gasteiger partial charge in [-0.3, -0.25) is 9.19 Å². The number of aromatic nitrogens is 1. The maximum Gasteiger partial charge on any atom is 0.103 e. The van der Waals surface area contributed by atoms with Crippen molar-refractivity contribution in [3.63, 3.8) is 0 Å².